The minimum absolute atomic E-state index is 0.299. The van der Waals surface area contributed by atoms with E-state index in [4.69, 9.17) is 21.1 Å². The molecule has 0 radical (unpaired) electrons. The van der Waals surface area contributed by atoms with Crippen LogP contribution in [0.4, 0.5) is 5.69 Å². The van der Waals surface area contributed by atoms with Crippen LogP contribution in [0.25, 0.3) is 16.8 Å². The minimum Gasteiger partial charge on any atom is -0.495 e. The molecule has 0 bridgehead atoms. The average Bonchev–Trinajstić information content (AvgIpc) is 3.13. The number of aromatic nitrogens is 3. The molecule has 0 spiro atoms. The van der Waals surface area contributed by atoms with Crippen molar-refractivity contribution >= 4 is 28.8 Å². The van der Waals surface area contributed by atoms with Crippen LogP contribution in [-0.4, -0.2) is 34.7 Å². The lowest BCUT2D eigenvalue weighted by molar-refractivity contribution is 0.102. The molecule has 7 nitrogen and oxygen atoms in total. The molecule has 1 amide bonds. The van der Waals surface area contributed by atoms with Crippen LogP contribution in [0.3, 0.4) is 0 Å². The summed E-state index contributed by atoms with van der Waals surface area (Å²) in [5.74, 6) is 0.275. The summed E-state index contributed by atoms with van der Waals surface area (Å²) in [5.41, 5.74) is 4.68. The number of halogens is 1. The molecule has 31 heavy (non-hydrogen) atoms. The van der Waals surface area contributed by atoms with Crippen LogP contribution >= 0.6 is 11.6 Å². The van der Waals surface area contributed by atoms with E-state index in [-0.39, 0.29) is 5.91 Å². The van der Waals surface area contributed by atoms with Crippen molar-refractivity contribution in [3.05, 3.63) is 76.7 Å². The fourth-order valence-corrected chi connectivity index (χ4v) is 3.67. The number of fused-ring (bicyclic) bond motifs is 1. The van der Waals surface area contributed by atoms with Crippen molar-refractivity contribution in [2.45, 2.75) is 13.5 Å². The molecule has 0 aliphatic rings. The van der Waals surface area contributed by atoms with Gasteiger partial charge in [0.15, 0.2) is 5.65 Å². The highest BCUT2D eigenvalue weighted by Gasteiger charge is 2.21. The number of benzene rings is 2. The standard InChI is InChI=1S/C23H21ClN4O3/c1-14-17(23(29)26-18-9-4-5-10-20(18)31-3)12-25-22-21(15-7-6-8-16(24)11-15)19(13-30-2)27-28(14)22/h4-12H,13H2,1-3H3,(H,26,29). The molecule has 0 atom stereocenters. The first-order valence-corrected chi connectivity index (χ1v) is 9.97. The Morgan fingerprint density at radius 3 is 2.71 bits per heavy atom. The number of methoxy groups -OCH3 is 2. The molecule has 0 unspecified atom stereocenters. The number of nitrogens with zero attached hydrogens (tertiary/aromatic N) is 3. The average molecular weight is 437 g/mol. The number of hydrogen-bond donors (Lipinski definition) is 1. The first-order valence-electron chi connectivity index (χ1n) is 9.60. The van der Waals surface area contributed by atoms with Gasteiger partial charge in [0.25, 0.3) is 5.91 Å². The van der Waals surface area contributed by atoms with Crippen LogP contribution in [0.5, 0.6) is 5.75 Å². The molecule has 158 valence electrons. The molecule has 0 saturated heterocycles. The maximum absolute atomic E-state index is 13.0. The third kappa shape index (κ3) is 3.97. The van der Waals surface area contributed by atoms with Gasteiger partial charge in [0.2, 0.25) is 0 Å². The van der Waals surface area contributed by atoms with Gasteiger partial charge >= 0.3 is 0 Å². The molecule has 4 aromatic rings. The summed E-state index contributed by atoms with van der Waals surface area (Å²) in [7, 11) is 3.17. The fraction of sp³-hybridized carbons (Fsp3) is 0.174. The number of aryl methyl sites for hydroxylation is 1. The van der Waals surface area contributed by atoms with E-state index in [1.807, 2.05) is 43.3 Å². The molecular weight excluding hydrogens is 416 g/mol. The molecule has 1 N–H and O–H groups in total. The molecular formula is C23H21ClN4O3. The Kier molecular flexibility index (Phi) is 5.88. The van der Waals surface area contributed by atoms with Crippen molar-refractivity contribution in [2.24, 2.45) is 0 Å². The Morgan fingerprint density at radius 2 is 1.97 bits per heavy atom. The van der Waals surface area contributed by atoms with Gasteiger partial charge in [-0.05, 0) is 36.8 Å². The molecule has 2 aromatic heterocycles. The van der Waals surface area contributed by atoms with Gasteiger partial charge in [-0.15, -0.1) is 0 Å². The Hall–Kier alpha value is -3.42. The van der Waals surface area contributed by atoms with Gasteiger partial charge in [0.1, 0.15) is 5.75 Å². The zero-order chi connectivity index (χ0) is 22.0. The number of ether oxygens (including phenoxy) is 2. The monoisotopic (exact) mass is 436 g/mol. The van der Waals surface area contributed by atoms with E-state index in [1.54, 1.807) is 37.1 Å². The summed E-state index contributed by atoms with van der Waals surface area (Å²) in [6, 6.07) is 14.7. The molecule has 8 heteroatoms. The van der Waals surface area contributed by atoms with E-state index in [2.05, 4.69) is 15.4 Å². The molecule has 0 aliphatic carbocycles. The lowest BCUT2D eigenvalue weighted by Crippen LogP contribution is -2.16. The highest BCUT2D eigenvalue weighted by Crippen LogP contribution is 2.31. The summed E-state index contributed by atoms with van der Waals surface area (Å²) in [6.07, 6.45) is 1.56. The second-order valence-corrected chi connectivity index (χ2v) is 7.35. The lowest BCUT2D eigenvalue weighted by Gasteiger charge is -2.11. The largest absolute Gasteiger partial charge is 0.495 e. The molecule has 0 saturated carbocycles. The van der Waals surface area contributed by atoms with Crippen LogP contribution in [0.1, 0.15) is 21.7 Å². The summed E-state index contributed by atoms with van der Waals surface area (Å²) >= 11 is 6.20. The van der Waals surface area contributed by atoms with E-state index in [0.717, 1.165) is 11.1 Å². The third-order valence-electron chi connectivity index (χ3n) is 4.95. The second-order valence-electron chi connectivity index (χ2n) is 6.91. The van der Waals surface area contributed by atoms with Crippen LogP contribution in [0.15, 0.2) is 54.7 Å². The molecule has 0 fully saturated rings. The first kappa shape index (κ1) is 20.8. The number of nitrogens with one attached hydrogen (secondary N) is 1. The van der Waals surface area contributed by atoms with Crippen molar-refractivity contribution in [3.8, 4) is 16.9 Å². The number of amides is 1. The predicted octanol–water partition coefficient (Wildman–Crippen LogP) is 4.77. The Balaban J connectivity index is 1.80. The van der Waals surface area contributed by atoms with Crippen molar-refractivity contribution < 1.29 is 14.3 Å². The van der Waals surface area contributed by atoms with Crippen LogP contribution in [0.2, 0.25) is 5.02 Å². The van der Waals surface area contributed by atoms with Crippen LogP contribution < -0.4 is 10.1 Å². The number of carbonyl (C=O) groups excluding carboxylic acids is 1. The van der Waals surface area contributed by atoms with Gasteiger partial charge in [-0.2, -0.15) is 5.10 Å². The van der Waals surface area contributed by atoms with Crippen molar-refractivity contribution in [1.82, 2.24) is 14.6 Å². The van der Waals surface area contributed by atoms with Gasteiger partial charge in [-0.1, -0.05) is 35.9 Å². The predicted molar refractivity (Wildman–Crippen MR) is 120 cm³/mol. The smallest absolute Gasteiger partial charge is 0.259 e. The third-order valence-corrected chi connectivity index (χ3v) is 5.19. The van der Waals surface area contributed by atoms with Gasteiger partial charge in [-0.3, -0.25) is 4.79 Å². The second kappa shape index (κ2) is 8.75. The van der Waals surface area contributed by atoms with Gasteiger partial charge in [-0.25, -0.2) is 9.50 Å². The maximum Gasteiger partial charge on any atom is 0.259 e. The summed E-state index contributed by atoms with van der Waals surface area (Å²) in [6.45, 7) is 2.13. The van der Waals surface area contributed by atoms with Gasteiger partial charge in [0, 0.05) is 18.3 Å². The lowest BCUT2D eigenvalue weighted by atomic mass is 10.1. The number of anilines is 1. The Morgan fingerprint density at radius 1 is 1.16 bits per heavy atom. The maximum atomic E-state index is 13.0. The van der Waals surface area contributed by atoms with Crippen LogP contribution in [0, 0.1) is 6.92 Å². The summed E-state index contributed by atoms with van der Waals surface area (Å²) in [4.78, 5) is 17.6. The molecule has 2 aromatic carbocycles. The van der Waals surface area contributed by atoms with Crippen molar-refractivity contribution in [2.75, 3.05) is 19.5 Å². The zero-order valence-electron chi connectivity index (χ0n) is 17.3. The SMILES string of the molecule is COCc1nn2c(C)c(C(=O)Nc3ccccc3OC)cnc2c1-c1cccc(Cl)c1. The Bertz CT molecular complexity index is 1270. The Labute approximate surface area is 184 Å². The highest BCUT2D eigenvalue weighted by atomic mass is 35.5. The summed E-state index contributed by atoms with van der Waals surface area (Å²) < 4.78 is 12.3. The minimum atomic E-state index is -0.301. The number of carbonyl (C=O) groups is 1. The molecule has 2 heterocycles. The number of para-hydroxylation sites is 2. The van der Waals surface area contributed by atoms with Gasteiger partial charge < -0.3 is 14.8 Å². The van der Waals surface area contributed by atoms with Crippen molar-refractivity contribution in [3.63, 3.8) is 0 Å². The van der Waals surface area contributed by atoms with E-state index in [1.165, 1.54) is 0 Å². The summed E-state index contributed by atoms with van der Waals surface area (Å²) in [5, 5.41) is 8.17. The molecule has 4 rings (SSSR count). The number of hydrogen-bond acceptors (Lipinski definition) is 5. The first-order chi connectivity index (χ1) is 15.0. The fourth-order valence-electron chi connectivity index (χ4n) is 3.48. The van der Waals surface area contributed by atoms with E-state index < -0.39 is 0 Å². The van der Waals surface area contributed by atoms with Gasteiger partial charge in [0.05, 0.1) is 41.9 Å². The van der Waals surface area contributed by atoms with Crippen LogP contribution in [-0.2, 0) is 11.3 Å². The topological polar surface area (TPSA) is 77.8 Å². The zero-order valence-corrected chi connectivity index (χ0v) is 18.1. The number of rotatable bonds is 6. The highest BCUT2D eigenvalue weighted by molar-refractivity contribution is 6.30. The van der Waals surface area contributed by atoms with Crippen molar-refractivity contribution in [1.29, 1.82) is 0 Å². The van der Waals surface area contributed by atoms with E-state index in [0.29, 0.717) is 45.7 Å². The quantitative estimate of drug-likeness (QED) is 0.471. The van der Waals surface area contributed by atoms with E-state index in [9.17, 15) is 4.79 Å². The normalized spacial score (nSPS) is 11.0. The van der Waals surface area contributed by atoms with E-state index >= 15 is 0 Å². The molecule has 0 aliphatic heterocycles.